The zero-order valence-corrected chi connectivity index (χ0v) is 14.3. The third kappa shape index (κ3) is 3.67. The van der Waals surface area contributed by atoms with Crippen LogP contribution < -0.4 is 0 Å². The van der Waals surface area contributed by atoms with Crippen LogP contribution in [0.1, 0.15) is 5.89 Å². The van der Waals surface area contributed by atoms with Gasteiger partial charge in [-0.3, -0.25) is 0 Å². The van der Waals surface area contributed by atoms with Crippen LogP contribution in [0.25, 0.3) is 22.7 Å². The molecule has 26 heavy (non-hydrogen) atoms. The lowest BCUT2D eigenvalue weighted by Gasteiger charge is -2.01. The molecule has 4 aromatic rings. The lowest BCUT2D eigenvalue weighted by atomic mass is 10.2. The molecule has 0 bridgehead atoms. The minimum absolute atomic E-state index is 0.0578. The summed E-state index contributed by atoms with van der Waals surface area (Å²) in [6.45, 7) is -0.193. The quantitative estimate of drug-likeness (QED) is 0.483. The van der Waals surface area contributed by atoms with Crippen LogP contribution in [0.2, 0.25) is 0 Å². The number of rotatable bonds is 6. The van der Waals surface area contributed by atoms with E-state index in [1.807, 2.05) is 47.2 Å². The summed E-state index contributed by atoms with van der Waals surface area (Å²) in [5.74, 6) is 0.913. The number of ether oxygens (including phenoxy) is 1. The van der Waals surface area contributed by atoms with Gasteiger partial charge < -0.3 is 9.15 Å². The fourth-order valence-electron chi connectivity index (χ4n) is 2.23. The van der Waals surface area contributed by atoms with Crippen molar-refractivity contribution in [3.05, 3.63) is 59.2 Å². The van der Waals surface area contributed by atoms with Crippen LogP contribution in [-0.2, 0) is 22.7 Å². The normalized spacial score (nSPS) is 10.8. The first-order chi connectivity index (χ1) is 12.8. The van der Waals surface area contributed by atoms with Crippen molar-refractivity contribution < 1.29 is 13.9 Å². The first kappa shape index (κ1) is 16.2. The fraction of sp³-hybridized carbons (Fsp3) is 0.118. The second-order valence-corrected chi connectivity index (χ2v) is 6.08. The molecule has 0 radical (unpaired) electrons. The molecule has 0 N–H and O–H groups in total. The summed E-state index contributed by atoms with van der Waals surface area (Å²) in [4.78, 5) is 17.3. The van der Waals surface area contributed by atoms with Crippen molar-refractivity contribution in [3.63, 3.8) is 0 Å². The average Bonchev–Trinajstić information content (AvgIpc) is 3.41. The van der Waals surface area contributed by atoms with Crippen molar-refractivity contribution in [2.45, 2.75) is 13.2 Å². The number of hydrogen-bond acceptors (Lipinski definition) is 8. The molecule has 0 spiro atoms. The number of benzene rings is 1. The van der Waals surface area contributed by atoms with Gasteiger partial charge in [0.1, 0.15) is 0 Å². The molecule has 0 unspecified atom stereocenters. The molecular weight excluding hydrogens is 354 g/mol. The number of hydrogen-bond donors (Lipinski definition) is 0. The summed E-state index contributed by atoms with van der Waals surface area (Å²) in [6.07, 6.45) is 1.60. The van der Waals surface area contributed by atoms with Crippen molar-refractivity contribution in [3.8, 4) is 22.7 Å². The van der Waals surface area contributed by atoms with E-state index in [0.29, 0.717) is 17.5 Å². The molecule has 1 aromatic carbocycles. The van der Waals surface area contributed by atoms with Crippen molar-refractivity contribution in [2.75, 3.05) is 0 Å². The number of carbonyl (C=O) groups excluding carboxylic acids is 1. The van der Waals surface area contributed by atoms with Crippen LogP contribution in [0.3, 0.4) is 0 Å². The maximum atomic E-state index is 11.9. The summed E-state index contributed by atoms with van der Waals surface area (Å²) >= 11 is 1.54. The number of thiophene rings is 1. The number of tetrazole rings is 1. The highest BCUT2D eigenvalue weighted by Gasteiger charge is 2.12. The van der Waals surface area contributed by atoms with Crippen LogP contribution in [-0.4, -0.2) is 31.2 Å². The molecule has 3 aromatic heterocycles. The third-order valence-corrected chi connectivity index (χ3v) is 4.15. The number of esters is 1. The SMILES string of the molecule is O=C(Cn1nnc(-c2ccsc2)n1)OCc1ncc(-c2ccccc2)o1. The highest BCUT2D eigenvalue weighted by atomic mass is 32.1. The molecule has 3 heterocycles. The van der Waals surface area contributed by atoms with Crippen LogP contribution in [0.5, 0.6) is 0 Å². The van der Waals surface area contributed by atoms with Gasteiger partial charge in [-0.25, -0.2) is 9.78 Å². The number of nitrogens with zero attached hydrogens (tertiary/aromatic N) is 5. The zero-order valence-electron chi connectivity index (χ0n) is 13.5. The average molecular weight is 367 g/mol. The van der Waals surface area contributed by atoms with Crippen LogP contribution in [0.4, 0.5) is 0 Å². The molecule has 0 aliphatic carbocycles. The second-order valence-electron chi connectivity index (χ2n) is 5.30. The molecule has 0 saturated carbocycles. The predicted molar refractivity (Wildman–Crippen MR) is 92.9 cm³/mol. The first-order valence-corrected chi connectivity index (χ1v) is 8.68. The van der Waals surface area contributed by atoms with E-state index in [-0.39, 0.29) is 13.2 Å². The Labute approximate surface area is 152 Å². The van der Waals surface area contributed by atoms with Gasteiger partial charge in [0, 0.05) is 16.5 Å². The fourth-order valence-corrected chi connectivity index (χ4v) is 2.87. The molecule has 0 amide bonds. The van der Waals surface area contributed by atoms with E-state index in [0.717, 1.165) is 11.1 Å². The second kappa shape index (κ2) is 7.28. The van der Waals surface area contributed by atoms with E-state index in [9.17, 15) is 4.79 Å². The molecule has 0 atom stereocenters. The van der Waals surface area contributed by atoms with E-state index < -0.39 is 5.97 Å². The highest BCUT2D eigenvalue weighted by Crippen LogP contribution is 2.20. The Morgan fingerprint density at radius 3 is 2.88 bits per heavy atom. The standard InChI is InChI=1S/C17H13N5O3S/c23-16(9-22-20-17(19-21-22)13-6-7-26-11-13)24-10-15-18-8-14(25-15)12-4-2-1-3-5-12/h1-8,11H,9-10H2. The van der Waals surface area contributed by atoms with E-state index in [1.165, 1.54) is 16.1 Å². The summed E-state index contributed by atoms with van der Waals surface area (Å²) in [5, 5.41) is 15.8. The summed E-state index contributed by atoms with van der Waals surface area (Å²) in [7, 11) is 0. The number of carbonyl (C=O) groups is 1. The molecule has 8 nitrogen and oxygen atoms in total. The maximum Gasteiger partial charge on any atom is 0.330 e. The topological polar surface area (TPSA) is 95.9 Å². The molecule has 9 heteroatoms. The van der Waals surface area contributed by atoms with Gasteiger partial charge in [-0.1, -0.05) is 30.3 Å². The molecule has 0 aliphatic heterocycles. The van der Waals surface area contributed by atoms with Crippen LogP contribution in [0.15, 0.2) is 57.8 Å². The molecule has 0 saturated heterocycles. The van der Waals surface area contributed by atoms with E-state index >= 15 is 0 Å². The summed E-state index contributed by atoms with van der Waals surface area (Å²) in [6, 6.07) is 11.5. The van der Waals surface area contributed by atoms with Gasteiger partial charge in [-0.05, 0) is 16.7 Å². The maximum absolute atomic E-state index is 11.9. The van der Waals surface area contributed by atoms with Gasteiger partial charge in [0.05, 0.1) is 6.20 Å². The summed E-state index contributed by atoms with van der Waals surface area (Å²) < 4.78 is 10.7. The van der Waals surface area contributed by atoms with E-state index in [2.05, 4.69) is 20.4 Å². The number of oxazole rings is 1. The smallest absolute Gasteiger partial charge is 0.330 e. The predicted octanol–water partition coefficient (Wildman–Crippen LogP) is 2.80. The minimum Gasteiger partial charge on any atom is -0.454 e. The van der Waals surface area contributed by atoms with E-state index in [4.69, 9.17) is 9.15 Å². The Bertz CT molecular complexity index is 995. The Kier molecular flexibility index (Phi) is 4.52. The molecule has 130 valence electrons. The Hall–Kier alpha value is -3.33. The lowest BCUT2D eigenvalue weighted by molar-refractivity contribution is -0.146. The molecule has 0 fully saturated rings. The Morgan fingerprint density at radius 1 is 1.19 bits per heavy atom. The van der Waals surface area contributed by atoms with Crippen molar-refractivity contribution >= 4 is 17.3 Å². The molecule has 4 rings (SSSR count). The lowest BCUT2D eigenvalue weighted by Crippen LogP contribution is -2.15. The third-order valence-electron chi connectivity index (χ3n) is 3.47. The van der Waals surface area contributed by atoms with Crippen molar-refractivity contribution in [1.29, 1.82) is 0 Å². The van der Waals surface area contributed by atoms with Crippen LogP contribution in [0, 0.1) is 0 Å². The van der Waals surface area contributed by atoms with Gasteiger partial charge in [0.25, 0.3) is 0 Å². The first-order valence-electron chi connectivity index (χ1n) is 7.74. The Balaban J connectivity index is 1.32. The minimum atomic E-state index is -0.501. The van der Waals surface area contributed by atoms with Gasteiger partial charge in [-0.2, -0.15) is 16.1 Å². The van der Waals surface area contributed by atoms with Gasteiger partial charge in [-0.15, -0.1) is 10.2 Å². The molecule has 0 aliphatic rings. The van der Waals surface area contributed by atoms with Crippen molar-refractivity contribution in [1.82, 2.24) is 25.2 Å². The van der Waals surface area contributed by atoms with E-state index in [1.54, 1.807) is 6.20 Å². The van der Waals surface area contributed by atoms with Gasteiger partial charge in [0.15, 0.2) is 18.9 Å². The van der Waals surface area contributed by atoms with Crippen LogP contribution >= 0.6 is 11.3 Å². The zero-order chi connectivity index (χ0) is 17.8. The largest absolute Gasteiger partial charge is 0.454 e. The summed E-state index contributed by atoms with van der Waals surface area (Å²) in [5.41, 5.74) is 1.77. The Morgan fingerprint density at radius 2 is 2.08 bits per heavy atom. The van der Waals surface area contributed by atoms with Gasteiger partial charge >= 0.3 is 5.97 Å². The molecular formula is C17H13N5O3S. The number of aromatic nitrogens is 5. The van der Waals surface area contributed by atoms with Crippen molar-refractivity contribution in [2.24, 2.45) is 0 Å². The van der Waals surface area contributed by atoms with Gasteiger partial charge in [0.2, 0.25) is 11.7 Å². The monoisotopic (exact) mass is 367 g/mol. The highest BCUT2D eigenvalue weighted by molar-refractivity contribution is 7.08.